The van der Waals surface area contributed by atoms with Gasteiger partial charge in [-0.25, -0.2) is 8.78 Å². The summed E-state index contributed by atoms with van der Waals surface area (Å²) in [5, 5.41) is -0.599. The summed E-state index contributed by atoms with van der Waals surface area (Å²) in [5.74, 6) is -12.5. The Balaban J connectivity index is 4.89. The Bertz CT molecular complexity index is 341. The number of alkyl halides is 9. The zero-order valence-electron chi connectivity index (χ0n) is 9.79. The van der Waals surface area contributed by atoms with Crippen LogP contribution >= 0.6 is 11.8 Å². The Kier molecular flexibility index (Phi) is 6.24. The number of carbonyl (C=O) groups is 1. The molecule has 0 heterocycles. The van der Waals surface area contributed by atoms with Crippen LogP contribution in [0, 0.1) is 0 Å². The number of hydrogen-bond donors (Lipinski definition) is 0. The van der Waals surface area contributed by atoms with Gasteiger partial charge in [-0.2, -0.15) is 30.7 Å². The molecule has 0 aromatic heterocycles. The fraction of sp³-hybridized carbons (Fsp3) is 0.889. The third-order valence-electron chi connectivity index (χ3n) is 2.13. The van der Waals surface area contributed by atoms with Gasteiger partial charge in [-0.3, -0.25) is 4.79 Å². The lowest BCUT2D eigenvalue weighted by molar-refractivity contribution is -0.332. The van der Waals surface area contributed by atoms with Gasteiger partial charge in [0.25, 0.3) is 0 Å². The maximum atomic E-state index is 13.0. The second-order valence-corrected chi connectivity index (χ2v) is 5.03. The van der Waals surface area contributed by atoms with Gasteiger partial charge in [-0.1, -0.05) is 11.8 Å². The molecule has 0 aliphatic heterocycles. The van der Waals surface area contributed by atoms with Crippen molar-refractivity contribution in [1.82, 2.24) is 0 Å². The van der Waals surface area contributed by atoms with Crippen molar-refractivity contribution in [3.05, 3.63) is 0 Å². The molecule has 0 amide bonds. The van der Waals surface area contributed by atoms with E-state index < -0.39 is 47.7 Å². The summed E-state index contributed by atoms with van der Waals surface area (Å²) in [6.45, 7) is 1.01. The highest BCUT2D eigenvalue weighted by atomic mass is 32.2. The highest BCUT2D eigenvalue weighted by Crippen LogP contribution is 2.46. The van der Waals surface area contributed by atoms with E-state index in [-0.39, 0.29) is 0 Å². The van der Waals surface area contributed by atoms with Gasteiger partial charge in [-0.05, 0) is 6.42 Å². The van der Waals surface area contributed by atoms with E-state index >= 15 is 0 Å². The van der Waals surface area contributed by atoms with E-state index in [2.05, 4.69) is 0 Å². The molecule has 0 aliphatic carbocycles. The smallest absolute Gasteiger partial charge is 0.288 e. The van der Waals surface area contributed by atoms with Crippen LogP contribution in [0.1, 0.15) is 13.3 Å². The van der Waals surface area contributed by atoms with Crippen molar-refractivity contribution in [1.29, 1.82) is 0 Å². The van der Waals surface area contributed by atoms with Gasteiger partial charge in [0.15, 0.2) is 11.3 Å². The molecule has 0 spiro atoms. The molecule has 2 atom stereocenters. The molecule has 0 fully saturated rings. The van der Waals surface area contributed by atoms with Gasteiger partial charge in [0.05, 0.1) is 0 Å². The summed E-state index contributed by atoms with van der Waals surface area (Å²) >= 11 is 0.356. The fourth-order valence-electron chi connectivity index (χ4n) is 1.04. The molecule has 0 rings (SSSR count). The zero-order valence-corrected chi connectivity index (χ0v) is 10.6. The molecule has 0 saturated carbocycles. The molecular weight excluding hydrogens is 327 g/mol. The predicted molar refractivity (Wildman–Crippen MR) is 53.5 cm³/mol. The molecule has 2 unspecified atom stereocenters. The summed E-state index contributed by atoms with van der Waals surface area (Å²) in [6.07, 6.45) is -16.4. The maximum Gasteiger partial charge on any atom is 0.456 e. The quantitative estimate of drug-likeness (QED) is 0.678. The largest absolute Gasteiger partial charge is 0.456 e. The number of rotatable bonds is 6. The van der Waals surface area contributed by atoms with E-state index in [0.717, 1.165) is 6.92 Å². The van der Waals surface area contributed by atoms with Crippen molar-refractivity contribution in [2.24, 2.45) is 0 Å². The van der Waals surface area contributed by atoms with Crippen LogP contribution in [0.3, 0.4) is 0 Å². The molecule has 20 heavy (non-hydrogen) atoms. The van der Waals surface area contributed by atoms with Crippen LogP contribution in [-0.2, 0) is 4.79 Å². The topological polar surface area (TPSA) is 17.1 Å². The number of hydrogen-bond acceptors (Lipinski definition) is 2. The van der Waals surface area contributed by atoms with Crippen LogP contribution < -0.4 is 0 Å². The average Bonchev–Trinajstić information content (AvgIpc) is 2.25. The van der Waals surface area contributed by atoms with E-state index in [1.807, 2.05) is 0 Å². The van der Waals surface area contributed by atoms with Crippen LogP contribution in [0.5, 0.6) is 0 Å². The summed E-state index contributed by atoms with van der Waals surface area (Å²) in [6, 6.07) is 0. The van der Waals surface area contributed by atoms with Crippen LogP contribution in [-0.4, -0.2) is 41.2 Å². The van der Waals surface area contributed by atoms with E-state index in [1.54, 1.807) is 0 Å². The summed E-state index contributed by atoms with van der Waals surface area (Å²) in [4.78, 5) is 10.4. The maximum absolute atomic E-state index is 13.0. The van der Waals surface area contributed by atoms with Crippen molar-refractivity contribution in [3.63, 3.8) is 0 Å². The molecule has 0 saturated heterocycles. The van der Waals surface area contributed by atoms with Crippen molar-refractivity contribution in [2.45, 2.75) is 43.7 Å². The molecule has 0 aromatic carbocycles. The zero-order chi connectivity index (χ0) is 16.4. The molecular formula is C9H9F9OS. The van der Waals surface area contributed by atoms with Gasteiger partial charge < -0.3 is 0 Å². The third-order valence-corrected chi connectivity index (χ3v) is 2.97. The highest BCUT2D eigenvalue weighted by molar-refractivity contribution is 8.13. The van der Waals surface area contributed by atoms with Crippen LogP contribution in [0.25, 0.3) is 0 Å². The van der Waals surface area contributed by atoms with Crippen molar-refractivity contribution >= 4 is 16.9 Å². The number of thioether (sulfide) groups is 1. The van der Waals surface area contributed by atoms with E-state index in [1.165, 1.54) is 0 Å². The van der Waals surface area contributed by atoms with E-state index in [0.29, 0.717) is 11.8 Å². The summed E-state index contributed by atoms with van der Waals surface area (Å²) in [7, 11) is 0. The first kappa shape index (κ1) is 19.4. The van der Waals surface area contributed by atoms with E-state index in [9.17, 15) is 44.3 Å². The summed E-state index contributed by atoms with van der Waals surface area (Å²) in [5.41, 5.74) is 0. The Morgan fingerprint density at radius 3 is 1.85 bits per heavy atom. The van der Waals surface area contributed by atoms with Gasteiger partial charge >= 0.3 is 18.0 Å². The first-order valence-electron chi connectivity index (χ1n) is 4.98. The van der Waals surface area contributed by atoms with Crippen molar-refractivity contribution in [2.75, 3.05) is 5.75 Å². The van der Waals surface area contributed by atoms with Crippen LogP contribution in [0.4, 0.5) is 39.5 Å². The molecule has 1 nitrogen and oxygen atoms in total. The minimum absolute atomic E-state index is 0.356. The minimum Gasteiger partial charge on any atom is -0.288 e. The predicted octanol–water partition coefficient (Wildman–Crippen LogP) is 4.17. The van der Waals surface area contributed by atoms with Gasteiger partial charge in [-0.15, -0.1) is 0 Å². The molecule has 120 valence electrons. The first-order chi connectivity index (χ1) is 8.74. The van der Waals surface area contributed by atoms with Crippen LogP contribution in [0.2, 0.25) is 0 Å². The Labute approximate surface area is 111 Å². The third kappa shape index (κ3) is 4.45. The Hall–Kier alpha value is -0.610. The molecule has 0 radical (unpaired) electrons. The molecule has 0 N–H and O–H groups in total. The molecule has 0 aliphatic rings. The first-order valence-corrected chi connectivity index (χ1v) is 5.97. The number of halogens is 9. The van der Waals surface area contributed by atoms with Gasteiger partial charge in [0, 0.05) is 12.7 Å². The van der Waals surface area contributed by atoms with E-state index in [4.69, 9.17) is 0 Å². The van der Waals surface area contributed by atoms with Gasteiger partial charge in [0.2, 0.25) is 6.17 Å². The summed E-state index contributed by atoms with van der Waals surface area (Å²) < 4.78 is 112. The SMILES string of the molecule is CC(=O)SCCC(F)C(F)(F)C(F)C(F)(F)C(F)(F)F. The Morgan fingerprint density at radius 2 is 1.50 bits per heavy atom. The second kappa shape index (κ2) is 6.44. The lowest BCUT2D eigenvalue weighted by Gasteiger charge is -2.30. The molecule has 0 bridgehead atoms. The molecule has 0 aromatic rings. The van der Waals surface area contributed by atoms with Crippen LogP contribution in [0.15, 0.2) is 0 Å². The fourth-order valence-corrected chi connectivity index (χ4v) is 1.65. The normalized spacial score (nSPS) is 16.9. The highest BCUT2D eigenvalue weighted by Gasteiger charge is 2.71. The number of carbonyl (C=O) groups excluding carboxylic acids is 1. The average molecular weight is 336 g/mol. The molecule has 11 heteroatoms. The Morgan fingerprint density at radius 1 is 1.05 bits per heavy atom. The van der Waals surface area contributed by atoms with Crippen molar-refractivity contribution in [3.8, 4) is 0 Å². The van der Waals surface area contributed by atoms with Crippen molar-refractivity contribution < 1.29 is 44.3 Å². The minimum atomic E-state index is -6.57. The van der Waals surface area contributed by atoms with Gasteiger partial charge in [0.1, 0.15) is 0 Å². The monoisotopic (exact) mass is 336 g/mol. The lowest BCUT2D eigenvalue weighted by Crippen LogP contribution is -2.56. The standard InChI is InChI=1S/C9H9F9OS/c1-4(19)20-3-2-5(10)7(12,13)6(11)8(14,15)9(16,17)18/h5-6H,2-3H2,1H3. The second-order valence-electron chi connectivity index (χ2n) is 3.75. The lowest BCUT2D eigenvalue weighted by atomic mass is 10.0.